The van der Waals surface area contributed by atoms with Gasteiger partial charge in [-0.3, -0.25) is 0 Å². The molecule has 116 valence electrons. The van der Waals surface area contributed by atoms with E-state index in [0.29, 0.717) is 29.5 Å². The number of hydrogen-bond acceptors (Lipinski definition) is 5. The summed E-state index contributed by atoms with van der Waals surface area (Å²) in [6.07, 6.45) is 6.12. The van der Waals surface area contributed by atoms with Crippen LogP contribution < -0.4 is 16.2 Å². The van der Waals surface area contributed by atoms with Crippen LogP contribution in [0.15, 0.2) is 18.2 Å². The molecule has 1 unspecified atom stereocenters. The molecule has 5 nitrogen and oxygen atoms in total. The number of rotatable bonds is 5. The Morgan fingerprint density at radius 3 is 2.38 bits per heavy atom. The van der Waals surface area contributed by atoms with Crippen LogP contribution in [0, 0.1) is 5.92 Å². The summed E-state index contributed by atoms with van der Waals surface area (Å²) < 4.78 is 10.7. The highest BCUT2D eigenvalue weighted by molar-refractivity contribution is 5.75. The number of benzene rings is 1. The quantitative estimate of drug-likeness (QED) is 0.643. The maximum atomic E-state index is 12.0. The van der Waals surface area contributed by atoms with Crippen molar-refractivity contribution in [3.05, 3.63) is 18.2 Å². The van der Waals surface area contributed by atoms with E-state index in [1.807, 2.05) is 0 Å². The summed E-state index contributed by atoms with van der Waals surface area (Å²) in [6.45, 7) is 0. The average molecular weight is 292 g/mol. The molecule has 0 radical (unpaired) electrons. The Morgan fingerprint density at radius 2 is 1.81 bits per heavy atom. The number of methoxy groups -OCH3 is 1. The van der Waals surface area contributed by atoms with Gasteiger partial charge < -0.3 is 20.9 Å². The van der Waals surface area contributed by atoms with Crippen molar-refractivity contribution in [3.63, 3.8) is 0 Å². The van der Waals surface area contributed by atoms with E-state index in [4.69, 9.17) is 20.9 Å². The molecule has 0 amide bonds. The molecule has 1 aliphatic rings. The normalized spacial score (nSPS) is 17.2. The molecule has 0 saturated heterocycles. The van der Waals surface area contributed by atoms with Gasteiger partial charge in [0.1, 0.15) is 5.75 Å². The Kier molecular flexibility index (Phi) is 5.31. The fourth-order valence-corrected chi connectivity index (χ4v) is 2.93. The van der Waals surface area contributed by atoms with E-state index in [1.165, 1.54) is 26.4 Å². The minimum absolute atomic E-state index is 0.346. The summed E-state index contributed by atoms with van der Waals surface area (Å²) in [5.41, 5.74) is 12.5. The zero-order chi connectivity index (χ0) is 15.2. The minimum Gasteiger partial charge on any atom is -0.479 e. The highest BCUT2D eigenvalue weighted by Crippen LogP contribution is 2.30. The number of anilines is 2. The third kappa shape index (κ3) is 4.55. The van der Waals surface area contributed by atoms with Crippen molar-refractivity contribution in [1.29, 1.82) is 0 Å². The molecule has 0 spiro atoms. The van der Waals surface area contributed by atoms with Crippen molar-refractivity contribution in [2.45, 2.75) is 44.6 Å². The number of ether oxygens (including phenoxy) is 2. The van der Waals surface area contributed by atoms with Crippen molar-refractivity contribution in [2.75, 3.05) is 18.6 Å². The van der Waals surface area contributed by atoms with Crippen molar-refractivity contribution in [1.82, 2.24) is 0 Å². The standard InChI is InChI=1S/C16H24N2O3/c1-20-16(19)15(7-11-5-3-2-4-6-11)21-14-9-12(17)8-13(18)10-14/h8-11,15H,2-7,17-18H2,1H3. The molecule has 2 rings (SSSR count). The van der Waals surface area contributed by atoms with E-state index < -0.39 is 6.10 Å². The SMILES string of the molecule is COC(=O)C(CC1CCCCC1)Oc1cc(N)cc(N)c1. The van der Waals surface area contributed by atoms with Gasteiger partial charge in [-0.05, 0) is 18.4 Å². The van der Waals surface area contributed by atoms with Crippen molar-refractivity contribution < 1.29 is 14.3 Å². The lowest BCUT2D eigenvalue weighted by atomic mass is 9.85. The molecule has 0 heterocycles. The molecule has 0 aliphatic heterocycles. The van der Waals surface area contributed by atoms with Crippen LogP contribution in [0.1, 0.15) is 38.5 Å². The topological polar surface area (TPSA) is 87.6 Å². The first kappa shape index (κ1) is 15.5. The highest BCUT2D eigenvalue weighted by atomic mass is 16.6. The monoisotopic (exact) mass is 292 g/mol. The van der Waals surface area contributed by atoms with Crippen LogP contribution in [0.25, 0.3) is 0 Å². The number of nitrogens with two attached hydrogens (primary N) is 2. The molecular formula is C16H24N2O3. The number of carbonyl (C=O) groups is 1. The van der Waals surface area contributed by atoms with Crippen LogP contribution >= 0.6 is 0 Å². The van der Waals surface area contributed by atoms with E-state index in [2.05, 4.69) is 0 Å². The van der Waals surface area contributed by atoms with Gasteiger partial charge in [-0.2, -0.15) is 0 Å². The molecule has 0 aromatic heterocycles. The van der Waals surface area contributed by atoms with Gasteiger partial charge in [-0.25, -0.2) is 4.79 Å². The van der Waals surface area contributed by atoms with Gasteiger partial charge in [-0.15, -0.1) is 0 Å². The Morgan fingerprint density at radius 1 is 1.19 bits per heavy atom. The first-order chi connectivity index (χ1) is 10.1. The van der Waals surface area contributed by atoms with Crippen LogP contribution in [0.2, 0.25) is 0 Å². The Hall–Kier alpha value is -1.91. The van der Waals surface area contributed by atoms with Crippen molar-refractivity contribution >= 4 is 17.3 Å². The lowest BCUT2D eigenvalue weighted by Crippen LogP contribution is -2.31. The summed E-state index contributed by atoms with van der Waals surface area (Å²) in [4.78, 5) is 12.0. The zero-order valence-corrected chi connectivity index (χ0v) is 12.5. The van der Waals surface area contributed by atoms with Gasteiger partial charge in [0.05, 0.1) is 7.11 Å². The van der Waals surface area contributed by atoms with Gasteiger partial charge in [-0.1, -0.05) is 32.1 Å². The smallest absolute Gasteiger partial charge is 0.347 e. The van der Waals surface area contributed by atoms with Crippen LogP contribution in [-0.4, -0.2) is 19.2 Å². The molecule has 21 heavy (non-hydrogen) atoms. The maximum Gasteiger partial charge on any atom is 0.347 e. The summed E-state index contributed by atoms with van der Waals surface area (Å²) in [5, 5.41) is 0. The Bertz CT molecular complexity index is 464. The second-order valence-corrected chi connectivity index (χ2v) is 5.70. The molecule has 1 aliphatic carbocycles. The summed E-state index contributed by atoms with van der Waals surface area (Å²) >= 11 is 0. The second-order valence-electron chi connectivity index (χ2n) is 5.70. The van der Waals surface area contributed by atoms with Crippen molar-refractivity contribution in [3.8, 4) is 5.75 Å². The first-order valence-corrected chi connectivity index (χ1v) is 7.49. The van der Waals surface area contributed by atoms with Gasteiger partial charge in [0.2, 0.25) is 0 Å². The molecule has 1 saturated carbocycles. The molecule has 1 atom stereocenters. The molecular weight excluding hydrogens is 268 g/mol. The number of nitrogen functional groups attached to an aromatic ring is 2. The summed E-state index contributed by atoms with van der Waals surface area (Å²) in [5.74, 6) is 0.682. The minimum atomic E-state index is -0.598. The largest absolute Gasteiger partial charge is 0.479 e. The van der Waals surface area contributed by atoms with E-state index >= 15 is 0 Å². The average Bonchev–Trinajstić information content (AvgIpc) is 2.46. The van der Waals surface area contributed by atoms with Crippen LogP contribution in [-0.2, 0) is 9.53 Å². The second kappa shape index (κ2) is 7.20. The van der Waals surface area contributed by atoms with E-state index in [-0.39, 0.29) is 5.97 Å². The number of carbonyl (C=O) groups excluding carboxylic acids is 1. The third-order valence-corrected chi connectivity index (χ3v) is 3.97. The lowest BCUT2D eigenvalue weighted by Gasteiger charge is -2.25. The van der Waals surface area contributed by atoms with Crippen LogP contribution in [0.4, 0.5) is 11.4 Å². The predicted molar refractivity (Wildman–Crippen MR) is 82.9 cm³/mol. The molecule has 4 N–H and O–H groups in total. The third-order valence-electron chi connectivity index (χ3n) is 3.97. The van der Waals surface area contributed by atoms with E-state index in [9.17, 15) is 4.79 Å². The summed E-state index contributed by atoms with van der Waals surface area (Å²) in [7, 11) is 1.38. The number of hydrogen-bond donors (Lipinski definition) is 2. The molecule has 5 heteroatoms. The number of esters is 1. The predicted octanol–water partition coefficient (Wildman–Crippen LogP) is 2.74. The van der Waals surface area contributed by atoms with E-state index in [0.717, 1.165) is 12.8 Å². The van der Waals surface area contributed by atoms with Gasteiger partial charge >= 0.3 is 5.97 Å². The molecule has 1 fully saturated rings. The lowest BCUT2D eigenvalue weighted by molar-refractivity contribution is -0.149. The molecule has 0 bridgehead atoms. The van der Waals surface area contributed by atoms with Gasteiger partial charge in [0.15, 0.2) is 6.10 Å². The van der Waals surface area contributed by atoms with Gasteiger partial charge in [0, 0.05) is 23.5 Å². The first-order valence-electron chi connectivity index (χ1n) is 7.49. The fraction of sp³-hybridized carbons (Fsp3) is 0.562. The zero-order valence-electron chi connectivity index (χ0n) is 12.5. The highest BCUT2D eigenvalue weighted by Gasteiger charge is 2.26. The summed E-state index contributed by atoms with van der Waals surface area (Å²) in [6, 6.07) is 5.00. The fourth-order valence-electron chi connectivity index (χ4n) is 2.93. The van der Waals surface area contributed by atoms with Crippen molar-refractivity contribution in [2.24, 2.45) is 5.92 Å². The molecule has 1 aromatic carbocycles. The van der Waals surface area contributed by atoms with Gasteiger partial charge in [0.25, 0.3) is 0 Å². The van der Waals surface area contributed by atoms with E-state index in [1.54, 1.807) is 18.2 Å². The molecule has 1 aromatic rings. The Labute approximate surface area is 125 Å². The maximum absolute atomic E-state index is 12.0. The van der Waals surface area contributed by atoms with Crippen LogP contribution in [0.5, 0.6) is 5.75 Å². The Balaban J connectivity index is 2.06. The van der Waals surface area contributed by atoms with Crippen LogP contribution in [0.3, 0.4) is 0 Å².